The molecule has 0 bridgehead atoms. The fraction of sp³-hybridized carbons (Fsp3) is 0.176. The van der Waals surface area contributed by atoms with Crippen LogP contribution < -0.4 is 11.0 Å². The predicted molar refractivity (Wildman–Crippen MR) is 84.5 cm³/mol. The first-order valence-electron chi connectivity index (χ1n) is 6.60. The average molecular weight is 279 g/mol. The van der Waals surface area contributed by atoms with Crippen LogP contribution in [0.4, 0.5) is 0 Å². The standard InChI is InChI=1S/C17H17N3O/c1-11-5-7-15(8-6-11)14(4)19-20-13(3)9-12(2)16(10-18)17(20)21/h5-9,19H,4H2,1-3H3. The maximum atomic E-state index is 12.3. The molecule has 4 heteroatoms. The van der Waals surface area contributed by atoms with Crippen molar-refractivity contribution in [2.75, 3.05) is 5.43 Å². The Morgan fingerprint density at radius 1 is 1.24 bits per heavy atom. The lowest BCUT2D eigenvalue weighted by molar-refractivity contribution is 0.848. The van der Waals surface area contributed by atoms with Gasteiger partial charge in [0.1, 0.15) is 11.6 Å². The molecule has 0 atom stereocenters. The van der Waals surface area contributed by atoms with Gasteiger partial charge < -0.3 is 0 Å². The van der Waals surface area contributed by atoms with Gasteiger partial charge in [-0.1, -0.05) is 36.4 Å². The molecule has 0 saturated heterocycles. The van der Waals surface area contributed by atoms with Gasteiger partial charge in [0.2, 0.25) is 0 Å². The molecule has 1 N–H and O–H groups in total. The molecule has 0 spiro atoms. The van der Waals surface area contributed by atoms with E-state index in [0.29, 0.717) is 11.3 Å². The topological polar surface area (TPSA) is 57.8 Å². The van der Waals surface area contributed by atoms with Crippen molar-refractivity contribution in [3.63, 3.8) is 0 Å². The van der Waals surface area contributed by atoms with Crippen molar-refractivity contribution >= 4 is 5.70 Å². The highest BCUT2D eigenvalue weighted by Crippen LogP contribution is 2.12. The number of benzene rings is 1. The number of hydrogen-bond donors (Lipinski definition) is 1. The normalized spacial score (nSPS) is 10.0. The minimum Gasteiger partial charge on any atom is -0.291 e. The Kier molecular flexibility index (Phi) is 3.95. The molecule has 0 aliphatic rings. The zero-order valence-electron chi connectivity index (χ0n) is 12.4. The second-order valence-electron chi connectivity index (χ2n) is 5.05. The van der Waals surface area contributed by atoms with Crippen molar-refractivity contribution < 1.29 is 0 Å². The summed E-state index contributed by atoms with van der Waals surface area (Å²) < 4.78 is 1.35. The Labute approximate surface area is 123 Å². The third kappa shape index (κ3) is 2.87. The molecule has 0 amide bonds. The number of aryl methyl sites for hydroxylation is 3. The molecule has 1 heterocycles. The van der Waals surface area contributed by atoms with Crippen LogP contribution in [-0.2, 0) is 0 Å². The van der Waals surface area contributed by atoms with Gasteiger partial charge in [0.25, 0.3) is 5.56 Å². The fourth-order valence-electron chi connectivity index (χ4n) is 2.12. The Morgan fingerprint density at radius 2 is 1.86 bits per heavy atom. The Hall–Kier alpha value is -2.80. The van der Waals surface area contributed by atoms with Crippen LogP contribution in [0.2, 0.25) is 0 Å². The van der Waals surface area contributed by atoms with Crippen LogP contribution in [0.15, 0.2) is 41.7 Å². The highest BCUT2D eigenvalue weighted by Gasteiger charge is 2.10. The van der Waals surface area contributed by atoms with Gasteiger partial charge in [-0.2, -0.15) is 5.26 Å². The summed E-state index contributed by atoms with van der Waals surface area (Å²) in [6.45, 7) is 9.53. The molecule has 106 valence electrons. The first kappa shape index (κ1) is 14.6. The molecule has 0 aliphatic heterocycles. The van der Waals surface area contributed by atoms with Gasteiger partial charge in [-0.3, -0.25) is 10.2 Å². The van der Waals surface area contributed by atoms with Crippen LogP contribution in [0, 0.1) is 32.1 Å². The average Bonchev–Trinajstić information content (AvgIpc) is 2.44. The second-order valence-corrected chi connectivity index (χ2v) is 5.05. The maximum Gasteiger partial charge on any atom is 0.287 e. The first-order chi connectivity index (χ1) is 9.93. The molecule has 0 saturated carbocycles. The Bertz CT molecular complexity index is 793. The number of nitrogens with zero attached hydrogens (tertiary/aromatic N) is 2. The molecule has 2 rings (SSSR count). The van der Waals surface area contributed by atoms with Crippen molar-refractivity contribution in [3.8, 4) is 6.07 Å². The SMILES string of the molecule is C=C(Nn1c(C)cc(C)c(C#N)c1=O)c1ccc(C)cc1. The molecule has 1 aromatic heterocycles. The number of rotatable bonds is 3. The Morgan fingerprint density at radius 3 is 2.43 bits per heavy atom. The van der Waals surface area contributed by atoms with Gasteiger partial charge in [0.15, 0.2) is 0 Å². The van der Waals surface area contributed by atoms with E-state index in [-0.39, 0.29) is 11.1 Å². The van der Waals surface area contributed by atoms with E-state index in [9.17, 15) is 4.79 Å². The lowest BCUT2D eigenvalue weighted by Crippen LogP contribution is -2.32. The molecular formula is C17H17N3O. The van der Waals surface area contributed by atoms with Crippen LogP contribution in [0.25, 0.3) is 5.70 Å². The summed E-state index contributed by atoms with van der Waals surface area (Å²) >= 11 is 0. The number of pyridine rings is 1. The minimum absolute atomic E-state index is 0.143. The van der Waals surface area contributed by atoms with E-state index in [4.69, 9.17) is 5.26 Å². The summed E-state index contributed by atoms with van der Waals surface area (Å²) in [5, 5.41) is 9.08. The van der Waals surface area contributed by atoms with E-state index >= 15 is 0 Å². The van der Waals surface area contributed by atoms with E-state index < -0.39 is 0 Å². The van der Waals surface area contributed by atoms with E-state index in [1.165, 1.54) is 4.68 Å². The molecule has 21 heavy (non-hydrogen) atoms. The van der Waals surface area contributed by atoms with E-state index in [2.05, 4.69) is 12.0 Å². The van der Waals surface area contributed by atoms with Crippen LogP contribution in [0.1, 0.15) is 27.9 Å². The van der Waals surface area contributed by atoms with Crippen LogP contribution in [0.5, 0.6) is 0 Å². The number of hydrogen-bond acceptors (Lipinski definition) is 3. The molecule has 2 aromatic rings. The molecule has 0 aliphatic carbocycles. The number of nitriles is 1. The third-order valence-electron chi connectivity index (χ3n) is 3.35. The van der Waals surface area contributed by atoms with Crippen LogP contribution in [-0.4, -0.2) is 4.68 Å². The van der Waals surface area contributed by atoms with Gasteiger partial charge in [-0.25, -0.2) is 4.68 Å². The highest BCUT2D eigenvalue weighted by atomic mass is 16.1. The molecule has 0 radical (unpaired) electrons. The van der Waals surface area contributed by atoms with Crippen molar-refractivity contribution in [3.05, 3.63) is 75.2 Å². The zero-order chi connectivity index (χ0) is 15.6. The zero-order valence-corrected chi connectivity index (χ0v) is 12.4. The predicted octanol–water partition coefficient (Wildman–Crippen LogP) is 2.86. The smallest absolute Gasteiger partial charge is 0.287 e. The van der Waals surface area contributed by atoms with Crippen LogP contribution in [0.3, 0.4) is 0 Å². The number of aromatic nitrogens is 1. The van der Waals surface area contributed by atoms with Crippen molar-refractivity contribution in [2.45, 2.75) is 20.8 Å². The lowest BCUT2D eigenvalue weighted by atomic mass is 10.1. The molecule has 0 fully saturated rings. The molecule has 4 nitrogen and oxygen atoms in total. The van der Waals surface area contributed by atoms with Gasteiger partial charge in [0.05, 0.1) is 5.70 Å². The third-order valence-corrected chi connectivity index (χ3v) is 3.35. The van der Waals surface area contributed by atoms with Gasteiger partial charge in [-0.05, 0) is 38.0 Å². The fourth-order valence-corrected chi connectivity index (χ4v) is 2.12. The number of nitrogens with one attached hydrogen (secondary N) is 1. The quantitative estimate of drug-likeness (QED) is 0.940. The summed E-state index contributed by atoms with van der Waals surface area (Å²) in [5.41, 5.74) is 6.82. The highest BCUT2D eigenvalue weighted by molar-refractivity contribution is 5.67. The van der Waals surface area contributed by atoms with Crippen LogP contribution >= 0.6 is 0 Å². The summed E-state index contributed by atoms with van der Waals surface area (Å²) in [7, 11) is 0. The minimum atomic E-state index is -0.358. The van der Waals surface area contributed by atoms with E-state index in [1.807, 2.05) is 44.2 Å². The molecular weight excluding hydrogens is 262 g/mol. The Balaban J connectivity index is 2.41. The van der Waals surface area contributed by atoms with Crippen molar-refractivity contribution in [2.24, 2.45) is 0 Å². The summed E-state index contributed by atoms with van der Waals surface area (Å²) in [6.07, 6.45) is 0. The van der Waals surface area contributed by atoms with Crippen molar-refractivity contribution in [1.29, 1.82) is 5.26 Å². The second kappa shape index (κ2) is 5.68. The van der Waals surface area contributed by atoms with Gasteiger partial charge >= 0.3 is 0 Å². The lowest BCUT2D eigenvalue weighted by Gasteiger charge is -2.16. The largest absolute Gasteiger partial charge is 0.291 e. The summed E-state index contributed by atoms with van der Waals surface area (Å²) in [6, 6.07) is 11.6. The van der Waals surface area contributed by atoms with E-state index in [1.54, 1.807) is 13.0 Å². The van der Waals surface area contributed by atoms with Gasteiger partial charge in [-0.15, -0.1) is 0 Å². The first-order valence-corrected chi connectivity index (χ1v) is 6.60. The maximum absolute atomic E-state index is 12.3. The molecule has 1 aromatic carbocycles. The summed E-state index contributed by atoms with van der Waals surface area (Å²) in [4.78, 5) is 12.3. The summed E-state index contributed by atoms with van der Waals surface area (Å²) in [5.74, 6) is 0. The van der Waals surface area contributed by atoms with Crippen molar-refractivity contribution in [1.82, 2.24) is 4.68 Å². The molecule has 0 unspecified atom stereocenters. The van der Waals surface area contributed by atoms with Gasteiger partial charge in [0, 0.05) is 5.69 Å². The van der Waals surface area contributed by atoms with E-state index in [0.717, 1.165) is 16.8 Å². The monoisotopic (exact) mass is 279 g/mol.